The Morgan fingerprint density at radius 3 is 2.53 bits per heavy atom. The molecular formula is C23H22N6O2S. The molecule has 1 aromatic carbocycles. The minimum atomic E-state index is -3.76. The first-order valence-electron chi connectivity index (χ1n) is 10.7. The molecule has 1 aliphatic rings. The average Bonchev–Trinajstić information content (AvgIpc) is 3.58. The summed E-state index contributed by atoms with van der Waals surface area (Å²) in [6.45, 7) is 1.93. The first kappa shape index (κ1) is 19.2. The maximum absolute atomic E-state index is 13.3. The van der Waals surface area contributed by atoms with Crippen LogP contribution in [0.1, 0.15) is 42.6 Å². The quantitative estimate of drug-likeness (QED) is 0.417. The van der Waals surface area contributed by atoms with Crippen LogP contribution in [0.15, 0.2) is 72.1 Å². The Bertz CT molecular complexity index is 1530. The zero-order valence-electron chi connectivity index (χ0n) is 17.5. The number of aryl methyl sites for hydroxylation is 1. The van der Waals surface area contributed by atoms with Gasteiger partial charge in [-0.3, -0.25) is 4.40 Å². The zero-order valence-corrected chi connectivity index (χ0v) is 18.4. The van der Waals surface area contributed by atoms with E-state index in [4.69, 9.17) is 0 Å². The summed E-state index contributed by atoms with van der Waals surface area (Å²) in [6, 6.07) is 13.2. The fourth-order valence-corrected chi connectivity index (χ4v) is 6.09. The smallest absolute Gasteiger partial charge is 0.269 e. The molecule has 32 heavy (non-hydrogen) atoms. The second kappa shape index (κ2) is 7.03. The lowest BCUT2D eigenvalue weighted by Crippen LogP contribution is -2.13. The van der Waals surface area contributed by atoms with Crippen molar-refractivity contribution in [2.24, 2.45) is 0 Å². The van der Waals surface area contributed by atoms with E-state index in [1.165, 1.54) is 3.97 Å². The van der Waals surface area contributed by atoms with Crippen LogP contribution in [0.5, 0.6) is 0 Å². The van der Waals surface area contributed by atoms with E-state index in [-0.39, 0.29) is 10.8 Å². The Balaban J connectivity index is 1.44. The molecule has 1 aliphatic carbocycles. The normalized spacial score (nSPS) is 19.3. The summed E-state index contributed by atoms with van der Waals surface area (Å²) < 4.78 is 32.0. The van der Waals surface area contributed by atoms with Crippen molar-refractivity contribution in [2.75, 3.05) is 0 Å². The molecule has 4 aromatic heterocycles. The van der Waals surface area contributed by atoms with Gasteiger partial charge in [0.1, 0.15) is 5.82 Å². The van der Waals surface area contributed by atoms with Gasteiger partial charge in [-0.2, -0.15) is 0 Å². The van der Waals surface area contributed by atoms with Crippen molar-refractivity contribution in [2.45, 2.75) is 43.0 Å². The van der Waals surface area contributed by atoms with Crippen LogP contribution in [0.25, 0.3) is 16.8 Å². The maximum Gasteiger partial charge on any atom is 0.269 e. The van der Waals surface area contributed by atoms with Crippen molar-refractivity contribution in [1.82, 2.24) is 28.1 Å². The minimum Gasteiger partial charge on any atom is -0.351 e. The summed E-state index contributed by atoms with van der Waals surface area (Å²) in [5, 5.41) is 8.81. The van der Waals surface area contributed by atoms with Gasteiger partial charge in [-0.1, -0.05) is 17.7 Å². The van der Waals surface area contributed by atoms with E-state index in [9.17, 15) is 8.42 Å². The van der Waals surface area contributed by atoms with Crippen molar-refractivity contribution >= 4 is 26.8 Å². The molecule has 1 fully saturated rings. The summed E-state index contributed by atoms with van der Waals surface area (Å²) in [5.74, 6) is 1.12. The predicted molar refractivity (Wildman–Crippen MR) is 120 cm³/mol. The molecule has 0 bridgehead atoms. The fraction of sp³-hybridized carbons (Fsp3) is 0.261. The molecule has 2 unspecified atom stereocenters. The van der Waals surface area contributed by atoms with Crippen LogP contribution in [0.3, 0.4) is 0 Å². The van der Waals surface area contributed by atoms with Gasteiger partial charge in [-0.25, -0.2) is 17.4 Å². The van der Waals surface area contributed by atoms with Crippen LogP contribution in [-0.2, 0) is 10.0 Å². The van der Waals surface area contributed by atoms with Crippen molar-refractivity contribution < 1.29 is 8.42 Å². The number of fused-ring (bicyclic) bond motifs is 3. The third-order valence-corrected chi connectivity index (χ3v) is 8.14. The lowest BCUT2D eigenvalue weighted by atomic mass is 10.1. The summed E-state index contributed by atoms with van der Waals surface area (Å²) in [5.41, 5.74) is 2.70. The summed E-state index contributed by atoms with van der Waals surface area (Å²) in [6.07, 6.45) is 10.4. The molecule has 9 heteroatoms. The molecule has 8 nitrogen and oxygen atoms in total. The van der Waals surface area contributed by atoms with Gasteiger partial charge in [0.25, 0.3) is 10.0 Å². The zero-order chi connectivity index (χ0) is 21.9. The Morgan fingerprint density at radius 1 is 0.969 bits per heavy atom. The number of hydrogen-bond acceptors (Lipinski definition) is 5. The minimum absolute atomic E-state index is 0.233. The van der Waals surface area contributed by atoms with Gasteiger partial charge < -0.3 is 4.57 Å². The van der Waals surface area contributed by atoms with Crippen LogP contribution in [0, 0.1) is 6.92 Å². The van der Waals surface area contributed by atoms with Gasteiger partial charge in [0.15, 0.2) is 11.3 Å². The molecular weight excluding hydrogens is 424 g/mol. The van der Waals surface area contributed by atoms with E-state index < -0.39 is 10.0 Å². The highest BCUT2D eigenvalue weighted by atomic mass is 32.2. The second-order valence-electron chi connectivity index (χ2n) is 8.44. The number of rotatable bonds is 4. The van der Waals surface area contributed by atoms with Crippen molar-refractivity contribution in [3.05, 3.63) is 78.6 Å². The van der Waals surface area contributed by atoms with Gasteiger partial charge in [0, 0.05) is 30.6 Å². The van der Waals surface area contributed by atoms with Gasteiger partial charge in [-0.15, -0.1) is 10.2 Å². The lowest BCUT2D eigenvalue weighted by Gasteiger charge is -2.13. The Kier molecular flexibility index (Phi) is 4.23. The van der Waals surface area contributed by atoms with E-state index in [0.29, 0.717) is 22.9 Å². The Hall–Kier alpha value is -3.46. The molecule has 0 amide bonds. The average molecular weight is 447 g/mol. The lowest BCUT2D eigenvalue weighted by molar-refractivity contribution is 0.508. The van der Waals surface area contributed by atoms with E-state index in [2.05, 4.69) is 32.1 Å². The molecule has 0 radical (unpaired) electrons. The van der Waals surface area contributed by atoms with Crippen LogP contribution in [0.2, 0.25) is 0 Å². The van der Waals surface area contributed by atoms with Crippen LogP contribution in [0.4, 0.5) is 0 Å². The van der Waals surface area contributed by atoms with Gasteiger partial charge in [0.2, 0.25) is 0 Å². The number of hydrogen-bond donors (Lipinski definition) is 0. The topological polar surface area (TPSA) is 87.1 Å². The summed E-state index contributed by atoms with van der Waals surface area (Å²) in [7, 11) is -3.76. The maximum atomic E-state index is 13.3. The highest BCUT2D eigenvalue weighted by molar-refractivity contribution is 7.90. The van der Waals surface area contributed by atoms with Crippen LogP contribution in [-0.4, -0.2) is 36.5 Å². The first-order chi connectivity index (χ1) is 15.5. The third kappa shape index (κ3) is 2.88. The fourth-order valence-electron chi connectivity index (χ4n) is 4.79. The molecule has 6 rings (SSSR count). The molecule has 2 atom stereocenters. The van der Waals surface area contributed by atoms with Gasteiger partial charge >= 0.3 is 0 Å². The molecule has 5 aromatic rings. The number of nitrogens with zero attached hydrogens (tertiary/aromatic N) is 6. The largest absolute Gasteiger partial charge is 0.351 e. The molecule has 162 valence electrons. The SMILES string of the molecule is Cc1ccc(S(=O)(=O)n2ccc3c2ncc2nnc(C4CCC(n5cccc5)C4)n23)cc1. The molecule has 1 saturated carbocycles. The van der Waals surface area contributed by atoms with Gasteiger partial charge in [-0.05, 0) is 56.5 Å². The van der Waals surface area contributed by atoms with Crippen LogP contribution >= 0.6 is 0 Å². The standard InChI is InChI=1S/C23H22N6O2S/c1-16-4-8-19(9-5-16)32(30,31)28-13-10-20-23(28)24-15-21-25-26-22(29(20)21)17-6-7-18(14-17)27-11-2-3-12-27/h2-5,8-13,15,17-18H,6-7,14H2,1H3. The van der Waals surface area contributed by atoms with Gasteiger partial charge in [0.05, 0.1) is 16.6 Å². The predicted octanol–water partition coefficient (Wildman–Crippen LogP) is 3.93. The monoisotopic (exact) mass is 446 g/mol. The number of benzene rings is 1. The molecule has 0 spiro atoms. The molecule has 0 N–H and O–H groups in total. The van der Waals surface area contributed by atoms with E-state index in [1.54, 1.807) is 42.7 Å². The third-order valence-electron chi connectivity index (χ3n) is 6.46. The molecule has 4 heterocycles. The van der Waals surface area contributed by atoms with E-state index in [0.717, 1.165) is 30.7 Å². The highest BCUT2D eigenvalue weighted by Crippen LogP contribution is 2.40. The Morgan fingerprint density at radius 2 is 1.75 bits per heavy atom. The molecule has 0 saturated heterocycles. The summed E-state index contributed by atoms with van der Waals surface area (Å²) in [4.78, 5) is 4.66. The highest BCUT2D eigenvalue weighted by Gasteiger charge is 2.31. The molecule has 0 aliphatic heterocycles. The van der Waals surface area contributed by atoms with Crippen LogP contribution < -0.4 is 0 Å². The Labute approximate surface area is 185 Å². The van der Waals surface area contributed by atoms with E-state index in [1.807, 2.05) is 23.5 Å². The van der Waals surface area contributed by atoms with Crippen molar-refractivity contribution in [3.63, 3.8) is 0 Å². The second-order valence-corrected chi connectivity index (χ2v) is 10.3. The number of aromatic nitrogens is 6. The first-order valence-corrected chi connectivity index (χ1v) is 12.1. The van der Waals surface area contributed by atoms with Crippen molar-refractivity contribution in [3.8, 4) is 0 Å². The van der Waals surface area contributed by atoms with Crippen molar-refractivity contribution in [1.29, 1.82) is 0 Å². The summed E-state index contributed by atoms with van der Waals surface area (Å²) >= 11 is 0. The van der Waals surface area contributed by atoms with E-state index >= 15 is 0 Å².